The Morgan fingerprint density at radius 1 is 1.00 bits per heavy atom. The van der Waals surface area contributed by atoms with E-state index in [9.17, 15) is 4.79 Å². The summed E-state index contributed by atoms with van der Waals surface area (Å²) in [6.45, 7) is 6.36. The molecule has 4 bridgehead atoms. The number of hydrogen-bond donors (Lipinski definition) is 1. The van der Waals surface area contributed by atoms with Gasteiger partial charge in [-0.15, -0.1) is 0 Å². The number of hydrogen-bond acceptors (Lipinski definition) is 2. The molecule has 3 heteroatoms. The Balaban J connectivity index is 1.46. The summed E-state index contributed by atoms with van der Waals surface area (Å²) in [6, 6.07) is 8.38. The Labute approximate surface area is 145 Å². The zero-order chi connectivity index (χ0) is 16.7. The molecular weight excluding hydrogens is 296 g/mol. The highest BCUT2D eigenvalue weighted by Crippen LogP contribution is 2.60. The van der Waals surface area contributed by atoms with Gasteiger partial charge >= 0.3 is 0 Å². The lowest BCUT2D eigenvalue weighted by molar-refractivity contribution is -0.140. The van der Waals surface area contributed by atoms with Crippen molar-refractivity contribution in [2.45, 2.75) is 52.4 Å². The number of carbonyl (C=O) groups excluding carboxylic acids is 1. The van der Waals surface area contributed by atoms with Crippen molar-refractivity contribution < 1.29 is 4.79 Å². The quantitative estimate of drug-likeness (QED) is 0.851. The molecule has 4 aliphatic rings. The van der Waals surface area contributed by atoms with Gasteiger partial charge < -0.3 is 10.2 Å². The lowest BCUT2D eigenvalue weighted by Crippen LogP contribution is -2.51. The number of anilines is 2. The van der Waals surface area contributed by atoms with Gasteiger partial charge in [-0.05, 0) is 94.4 Å². The van der Waals surface area contributed by atoms with Gasteiger partial charge in [0.1, 0.15) is 0 Å². The first-order valence-electron chi connectivity index (χ1n) is 9.78. The molecule has 0 unspecified atom stereocenters. The number of rotatable bonds is 5. The van der Waals surface area contributed by atoms with Crippen LogP contribution in [0.25, 0.3) is 0 Å². The van der Waals surface area contributed by atoms with Gasteiger partial charge in [0.05, 0.1) is 5.41 Å². The Kier molecular flexibility index (Phi) is 4.06. The minimum absolute atomic E-state index is 0.0632. The third-order valence-electron chi connectivity index (χ3n) is 6.77. The van der Waals surface area contributed by atoms with Crippen LogP contribution in [0, 0.1) is 23.2 Å². The highest BCUT2D eigenvalue weighted by molar-refractivity contribution is 5.95. The molecule has 24 heavy (non-hydrogen) atoms. The Bertz CT molecular complexity index is 567. The first-order chi connectivity index (χ1) is 11.6. The number of carbonyl (C=O) groups is 1. The molecule has 0 aromatic heterocycles. The van der Waals surface area contributed by atoms with Gasteiger partial charge in [-0.1, -0.05) is 0 Å². The highest BCUT2D eigenvalue weighted by atomic mass is 16.2. The normalized spacial score (nSPS) is 33.5. The van der Waals surface area contributed by atoms with Crippen LogP contribution in [-0.2, 0) is 4.79 Å². The number of amides is 1. The predicted octanol–water partition coefficient (Wildman–Crippen LogP) is 4.69. The first-order valence-corrected chi connectivity index (χ1v) is 9.78. The van der Waals surface area contributed by atoms with Crippen molar-refractivity contribution in [3.05, 3.63) is 24.3 Å². The van der Waals surface area contributed by atoms with Crippen LogP contribution in [0.15, 0.2) is 24.3 Å². The van der Waals surface area contributed by atoms with Crippen LogP contribution in [0.3, 0.4) is 0 Å². The van der Waals surface area contributed by atoms with Crippen molar-refractivity contribution in [1.29, 1.82) is 0 Å². The zero-order valence-corrected chi connectivity index (χ0v) is 15.1. The second-order valence-electron chi connectivity index (χ2n) is 8.37. The van der Waals surface area contributed by atoms with Crippen LogP contribution >= 0.6 is 0 Å². The maximum atomic E-state index is 13.1. The van der Waals surface area contributed by atoms with Crippen LogP contribution in [0.1, 0.15) is 52.4 Å². The van der Waals surface area contributed by atoms with E-state index in [1.165, 1.54) is 24.9 Å². The predicted molar refractivity (Wildman–Crippen MR) is 99.2 cm³/mol. The summed E-state index contributed by atoms with van der Waals surface area (Å²) in [5.41, 5.74) is 2.12. The molecule has 3 nitrogen and oxygen atoms in total. The molecule has 1 aromatic rings. The molecule has 0 saturated heterocycles. The standard InChI is InChI=1S/C21H30N2O/c1-3-23(4-2)19-7-5-18(6-8-19)22-20(24)21-12-15-9-16(13-21)11-17(10-15)14-21/h5-8,15-17H,3-4,9-14H2,1-2H3,(H,22,24). The van der Waals surface area contributed by atoms with Crippen LogP contribution in [-0.4, -0.2) is 19.0 Å². The van der Waals surface area contributed by atoms with Gasteiger partial charge in [0.25, 0.3) is 0 Å². The maximum Gasteiger partial charge on any atom is 0.230 e. The SMILES string of the molecule is CCN(CC)c1ccc(NC(=O)C23CC4CC(CC(C4)C2)C3)cc1. The second-order valence-corrected chi connectivity index (χ2v) is 8.37. The van der Waals surface area contributed by atoms with Crippen molar-refractivity contribution >= 4 is 17.3 Å². The summed E-state index contributed by atoms with van der Waals surface area (Å²) in [5.74, 6) is 2.73. The lowest BCUT2D eigenvalue weighted by Gasteiger charge is -2.55. The van der Waals surface area contributed by atoms with Crippen LogP contribution < -0.4 is 10.2 Å². The van der Waals surface area contributed by atoms with Crippen molar-refractivity contribution in [1.82, 2.24) is 0 Å². The maximum absolute atomic E-state index is 13.1. The molecule has 1 aromatic carbocycles. The summed E-state index contributed by atoms with van der Waals surface area (Å²) < 4.78 is 0. The molecule has 0 radical (unpaired) electrons. The molecule has 4 saturated carbocycles. The van der Waals surface area contributed by atoms with E-state index in [0.29, 0.717) is 0 Å². The first kappa shape index (κ1) is 16.0. The molecule has 0 heterocycles. The van der Waals surface area contributed by atoms with Crippen LogP contribution in [0.4, 0.5) is 11.4 Å². The van der Waals surface area contributed by atoms with Gasteiger partial charge in [0, 0.05) is 24.5 Å². The van der Waals surface area contributed by atoms with E-state index in [2.05, 4.69) is 48.3 Å². The summed E-state index contributed by atoms with van der Waals surface area (Å²) >= 11 is 0. The van der Waals surface area contributed by atoms with E-state index >= 15 is 0 Å². The molecule has 130 valence electrons. The van der Waals surface area contributed by atoms with Gasteiger partial charge in [-0.3, -0.25) is 4.79 Å². The van der Waals surface area contributed by atoms with E-state index in [-0.39, 0.29) is 11.3 Å². The third-order valence-corrected chi connectivity index (χ3v) is 6.77. The summed E-state index contributed by atoms with van der Waals surface area (Å²) in [6.07, 6.45) is 7.52. The summed E-state index contributed by atoms with van der Waals surface area (Å²) in [7, 11) is 0. The number of nitrogens with one attached hydrogen (secondary N) is 1. The van der Waals surface area contributed by atoms with Crippen molar-refractivity contribution in [2.75, 3.05) is 23.3 Å². The van der Waals surface area contributed by atoms with Crippen LogP contribution in [0.5, 0.6) is 0 Å². The number of benzene rings is 1. The summed E-state index contributed by atoms with van der Waals surface area (Å²) in [5, 5.41) is 3.24. The topological polar surface area (TPSA) is 32.3 Å². The molecule has 4 fully saturated rings. The molecule has 4 aliphatic carbocycles. The van der Waals surface area contributed by atoms with E-state index in [1.54, 1.807) is 0 Å². The molecule has 1 N–H and O–H groups in total. The monoisotopic (exact) mass is 326 g/mol. The minimum Gasteiger partial charge on any atom is -0.372 e. The second kappa shape index (κ2) is 6.09. The molecule has 5 rings (SSSR count). The Hall–Kier alpha value is -1.51. The van der Waals surface area contributed by atoms with E-state index in [0.717, 1.165) is 55.8 Å². The average molecular weight is 326 g/mol. The van der Waals surface area contributed by atoms with Gasteiger partial charge in [0.15, 0.2) is 0 Å². The lowest BCUT2D eigenvalue weighted by atomic mass is 9.49. The number of nitrogens with zero attached hydrogens (tertiary/aromatic N) is 1. The van der Waals surface area contributed by atoms with E-state index < -0.39 is 0 Å². The Morgan fingerprint density at radius 2 is 1.50 bits per heavy atom. The van der Waals surface area contributed by atoms with E-state index in [1.807, 2.05) is 0 Å². The van der Waals surface area contributed by atoms with Gasteiger partial charge in [-0.25, -0.2) is 0 Å². The van der Waals surface area contributed by atoms with Crippen molar-refractivity contribution in [3.8, 4) is 0 Å². The fraction of sp³-hybridized carbons (Fsp3) is 0.667. The van der Waals surface area contributed by atoms with Crippen molar-refractivity contribution in [2.24, 2.45) is 23.2 Å². The molecule has 0 spiro atoms. The minimum atomic E-state index is -0.0632. The van der Waals surface area contributed by atoms with Crippen LogP contribution in [0.2, 0.25) is 0 Å². The fourth-order valence-corrected chi connectivity index (χ4v) is 6.00. The van der Waals surface area contributed by atoms with Crippen molar-refractivity contribution in [3.63, 3.8) is 0 Å². The molecule has 0 aliphatic heterocycles. The van der Waals surface area contributed by atoms with Gasteiger partial charge in [-0.2, -0.15) is 0 Å². The van der Waals surface area contributed by atoms with E-state index in [4.69, 9.17) is 0 Å². The summed E-state index contributed by atoms with van der Waals surface area (Å²) in [4.78, 5) is 15.4. The zero-order valence-electron chi connectivity index (χ0n) is 15.1. The fourth-order valence-electron chi connectivity index (χ4n) is 6.00. The molecular formula is C21H30N2O. The van der Waals surface area contributed by atoms with Gasteiger partial charge in [0.2, 0.25) is 5.91 Å². The molecule has 1 amide bonds. The Morgan fingerprint density at radius 3 is 1.96 bits per heavy atom. The third kappa shape index (κ3) is 2.72. The highest BCUT2D eigenvalue weighted by Gasteiger charge is 2.54. The smallest absolute Gasteiger partial charge is 0.230 e. The average Bonchev–Trinajstić information content (AvgIpc) is 2.56. The largest absolute Gasteiger partial charge is 0.372 e. The molecule has 0 atom stereocenters.